The number of rotatable bonds is 3. The summed E-state index contributed by atoms with van der Waals surface area (Å²) in [7, 11) is 0. The zero-order chi connectivity index (χ0) is 12.2. The summed E-state index contributed by atoms with van der Waals surface area (Å²) in [5, 5.41) is 1.88. The molecular formula is C16H15NO. The first-order valence-corrected chi connectivity index (χ1v) is 6.12. The second kappa shape index (κ2) is 5.07. The summed E-state index contributed by atoms with van der Waals surface area (Å²) in [6.45, 7) is 0.778. The summed E-state index contributed by atoms with van der Waals surface area (Å²) in [6, 6.07) is 20.6. The Morgan fingerprint density at radius 2 is 1.56 bits per heavy atom. The maximum absolute atomic E-state index is 5.87. The number of hydroxylamine groups is 2. The van der Waals surface area contributed by atoms with Gasteiger partial charge in [0.2, 0.25) is 0 Å². The second-order valence-electron chi connectivity index (χ2n) is 4.34. The van der Waals surface area contributed by atoms with Crippen molar-refractivity contribution in [3.63, 3.8) is 0 Å². The van der Waals surface area contributed by atoms with Crippen LogP contribution < -0.4 is 0 Å². The average Bonchev–Trinajstić information content (AvgIpc) is 2.89. The molecule has 2 heteroatoms. The Labute approximate surface area is 107 Å². The average molecular weight is 237 g/mol. The molecule has 0 N–H and O–H groups in total. The third-order valence-corrected chi connectivity index (χ3v) is 2.99. The lowest BCUT2D eigenvalue weighted by molar-refractivity contribution is -0.137. The van der Waals surface area contributed by atoms with Crippen LogP contribution in [-0.4, -0.2) is 5.06 Å². The van der Waals surface area contributed by atoms with Gasteiger partial charge < -0.3 is 0 Å². The Kier molecular flexibility index (Phi) is 3.11. The molecule has 1 atom stereocenters. The summed E-state index contributed by atoms with van der Waals surface area (Å²) in [5.41, 5.74) is 2.43. The first-order valence-electron chi connectivity index (χ1n) is 6.12. The first kappa shape index (κ1) is 11.1. The highest BCUT2D eigenvalue weighted by Crippen LogP contribution is 2.26. The predicted molar refractivity (Wildman–Crippen MR) is 71.4 cm³/mol. The first-order chi connectivity index (χ1) is 8.92. The maximum Gasteiger partial charge on any atom is 0.131 e. The van der Waals surface area contributed by atoms with Gasteiger partial charge in [0.05, 0.1) is 6.54 Å². The Morgan fingerprint density at radius 1 is 0.889 bits per heavy atom. The van der Waals surface area contributed by atoms with Crippen LogP contribution in [0.4, 0.5) is 0 Å². The second-order valence-corrected chi connectivity index (χ2v) is 4.34. The van der Waals surface area contributed by atoms with Gasteiger partial charge in [-0.25, -0.2) is 0 Å². The van der Waals surface area contributed by atoms with Crippen molar-refractivity contribution in [2.45, 2.75) is 12.6 Å². The fourth-order valence-electron chi connectivity index (χ4n) is 2.06. The molecule has 0 aromatic heterocycles. The van der Waals surface area contributed by atoms with Crippen LogP contribution in [0.5, 0.6) is 0 Å². The molecule has 1 heterocycles. The molecule has 1 aliphatic heterocycles. The van der Waals surface area contributed by atoms with Crippen LogP contribution in [0.15, 0.2) is 72.9 Å². The van der Waals surface area contributed by atoms with Crippen LogP contribution in [0.3, 0.4) is 0 Å². The Balaban J connectivity index is 1.65. The van der Waals surface area contributed by atoms with E-state index in [1.807, 2.05) is 47.7 Å². The van der Waals surface area contributed by atoms with Crippen molar-refractivity contribution < 1.29 is 4.84 Å². The normalized spacial score (nSPS) is 18.2. The number of hydrogen-bond acceptors (Lipinski definition) is 2. The maximum atomic E-state index is 5.87. The van der Waals surface area contributed by atoms with Crippen LogP contribution in [0.2, 0.25) is 0 Å². The predicted octanol–water partition coefficient (Wildman–Crippen LogP) is 3.69. The van der Waals surface area contributed by atoms with E-state index in [0.29, 0.717) is 0 Å². The van der Waals surface area contributed by atoms with Gasteiger partial charge in [0.25, 0.3) is 0 Å². The Hall–Kier alpha value is -2.06. The summed E-state index contributed by atoms with van der Waals surface area (Å²) in [4.78, 5) is 5.87. The lowest BCUT2D eigenvalue weighted by Crippen LogP contribution is -2.14. The van der Waals surface area contributed by atoms with Gasteiger partial charge in [0.15, 0.2) is 0 Å². The summed E-state index contributed by atoms with van der Waals surface area (Å²) < 4.78 is 0. The van der Waals surface area contributed by atoms with Gasteiger partial charge >= 0.3 is 0 Å². The Morgan fingerprint density at radius 3 is 2.28 bits per heavy atom. The van der Waals surface area contributed by atoms with E-state index < -0.39 is 0 Å². The number of benzene rings is 2. The van der Waals surface area contributed by atoms with Crippen LogP contribution in [0, 0.1) is 0 Å². The molecule has 3 rings (SSSR count). The van der Waals surface area contributed by atoms with E-state index in [0.717, 1.165) is 6.54 Å². The quantitative estimate of drug-likeness (QED) is 0.807. The topological polar surface area (TPSA) is 12.5 Å². The SMILES string of the molecule is C1=CN(Cc2ccccc2)O[C@H]1c1ccccc1. The van der Waals surface area contributed by atoms with E-state index in [1.165, 1.54) is 11.1 Å². The third kappa shape index (κ3) is 2.44. The molecule has 90 valence electrons. The van der Waals surface area contributed by atoms with Crippen molar-refractivity contribution in [2.75, 3.05) is 0 Å². The minimum Gasteiger partial charge on any atom is -0.261 e. The van der Waals surface area contributed by atoms with Gasteiger partial charge in [0.1, 0.15) is 6.10 Å². The summed E-state index contributed by atoms with van der Waals surface area (Å²) in [5.74, 6) is 0. The van der Waals surface area contributed by atoms with E-state index in [1.54, 1.807) is 0 Å². The minimum atomic E-state index is 0.0370. The fourth-order valence-corrected chi connectivity index (χ4v) is 2.06. The van der Waals surface area contributed by atoms with Crippen LogP contribution in [0.25, 0.3) is 0 Å². The van der Waals surface area contributed by atoms with Crippen molar-refractivity contribution >= 4 is 0 Å². The molecule has 0 unspecified atom stereocenters. The highest BCUT2D eigenvalue weighted by molar-refractivity contribution is 5.22. The molecule has 0 spiro atoms. The van der Waals surface area contributed by atoms with E-state index in [-0.39, 0.29) is 6.10 Å². The lowest BCUT2D eigenvalue weighted by Gasteiger charge is -2.18. The lowest BCUT2D eigenvalue weighted by atomic mass is 10.1. The molecule has 0 bridgehead atoms. The zero-order valence-electron chi connectivity index (χ0n) is 10.1. The Bertz CT molecular complexity index is 521. The molecule has 2 aromatic carbocycles. The van der Waals surface area contributed by atoms with Crippen molar-refractivity contribution in [1.29, 1.82) is 0 Å². The van der Waals surface area contributed by atoms with Gasteiger partial charge in [-0.2, -0.15) is 0 Å². The molecule has 0 fully saturated rings. The van der Waals surface area contributed by atoms with Crippen LogP contribution >= 0.6 is 0 Å². The smallest absolute Gasteiger partial charge is 0.131 e. The van der Waals surface area contributed by atoms with Crippen LogP contribution in [0.1, 0.15) is 17.2 Å². The molecule has 2 aromatic rings. The fraction of sp³-hybridized carbons (Fsp3) is 0.125. The summed E-state index contributed by atoms with van der Waals surface area (Å²) >= 11 is 0. The van der Waals surface area contributed by atoms with Gasteiger partial charge in [-0.15, -0.1) is 0 Å². The number of hydrogen-bond donors (Lipinski definition) is 0. The molecule has 18 heavy (non-hydrogen) atoms. The largest absolute Gasteiger partial charge is 0.261 e. The molecule has 0 aliphatic carbocycles. The van der Waals surface area contributed by atoms with Gasteiger partial charge in [0, 0.05) is 6.20 Å². The summed E-state index contributed by atoms with van der Waals surface area (Å²) in [6.07, 6.45) is 4.12. The van der Waals surface area contributed by atoms with Crippen LogP contribution in [-0.2, 0) is 11.4 Å². The van der Waals surface area contributed by atoms with Gasteiger partial charge in [-0.3, -0.25) is 9.90 Å². The molecule has 0 amide bonds. The molecular weight excluding hydrogens is 222 g/mol. The van der Waals surface area contributed by atoms with Crippen molar-refractivity contribution in [2.24, 2.45) is 0 Å². The number of nitrogens with zero attached hydrogens (tertiary/aromatic N) is 1. The standard InChI is InChI=1S/C16H15NO/c1-3-7-14(8-4-1)13-17-12-11-16(18-17)15-9-5-2-6-10-15/h1-12,16H,13H2/t16-/m1/s1. The van der Waals surface area contributed by atoms with E-state index in [4.69, 9.17) is 4.84 Å². The van der Waals surface area contributed by atoms with Crippen molar-refractivity contribution in [3.8, 4) is 0 Å². The third-order valence-electron chi connectivity index (χ3n) is 2.99. The highest BCUT2D eigenvalue weighted by Gasteiger charge is 2.18. The van der Waals surface area contributed by atoms with E-state index in [2.05, 4.69) is 30.3 Å². The molecule has 0 saturated carbocycles. The highest BCUT2D eigenvalue weighted by atomic mass is 16.7. The van der Waals surface area contributed by atoms with Gasteiger partial charge in [-0.1, -0.05) is 60.7 Å². The van der Waals surface area contributed by atoms with Crippen molar-refractivity contribution in [1.82, 2.24) is 5.06 Å². The molecule has 1 aliphatic rings. The molecule has 0 radical (unpaired) electrons. The molecule has 0 saturated heterocycles. The van der Waals surface area contributed by atoms with Gasteiger partial charge in [-0.05, 0) is 17.2 Å². The van der Waals surface area contributed by atoms with E-state index in [9.17, 15) is 0 Å². The molecule has 2 nitrogen and oxygen atoms in total. The minimum absolute atomic E-state index is 0.0370. The van der Waals surface area contributed by atoms with E-state index >= 15 is 0 Å². The van der Waals surface area contributed by atoms with Crippen molar-refractivity contribution in [3.05, 3.63) is 84.1 Å². The monoisotopic (exact) mass is 237 g/mol. The zero-order valence-corrected chi connectivity index (χ0v) is 10.1.